The molecule has 1 aliphatic carbocycles. The highest BCUT2D eigenvalue weighted by molar-refractivity contribution is 7.90. The van der Waals surface area contributed by atoms with Crippen LogP contribution in [0.5, 0.6) is 0 Å². The Morgan fingerprint density at radius 3 is 2.86 bits per heavy atom. The smallest absolute Gasteiger partial charge is 0.216 e. The molecule has 0 unspecified atom stereocenters. The average Bonchev–Trinajstić information content (AvgIpc) is 3.20. The summed E-state index contributed by atoms with van der Waals surface area (Å²) < 4.78 is 27.0. The largest absolute Gasteiger partial charge is 0.355 e. The minimum absolute atomic E-state index is 0.124. The van der Waals surface area contributed by atoms with Gasteiger partial charge in [-0.05, 0) is 24.3 Å². The van der Waals surface area contributed by atoms with Crippen molar-refractivity contribution in [2.24, 2.45) is 5.92 Å². The number of fused-ring (bicyclic) bond motifs is 1. The summed E-state index contributed by atoms with van der Waals surface area (Å²) in [6, 6.07) is 2.00. The van der Waals surface area contributed by atoms with Gasteiger partial charge in [-0.1, -0.05) is 0 Å². The molecule has 2 aromatic heterocycles. The SMILES string of the molecule is CN(CC1CN(c2ncnc3ccsc23)C1)S(=O)(=O)C1CC1. The standard InChI is InChI=1S/C14H18N4O2S2/c1-17(22(19,20)11-2-3-11)6-10-7-18(8-10)14-13-12(4-5-21-13)15-9-16-14/h4-5,9-11H,2-3,6-8H2,1H3. The lowest BCUT2D eigenvalue weighted by Gasteiger charge is -2.41. The van der Waals surface area contributed by atoms with Gasteiger partial charge in [-0.25, -0.2) is 22.7 Å². The second-order valence-corrected chi connectivity index (χ2v) is 9.36. The molecule has 0 spiro atoms. The van der Waals surface area contributed by atoms with Crippen molar-refractivity contribution < 1.29 is 8.42 Å². The predicted molar refractivity (Wildman–Crippen MR) is 87.7 cm³/mol. The van der Waals surface area contributed by atoms with E-state index in [1.54, 1.807) is 29.0 Å². The monoisotopic (exact) mass is 338 g/mol. The third-order valence-electron chi connectivity index (χ3n) is 4.38. The van der Waals surface area contributed by atoms with E-state index in [0.29, 0.717) is 12.5 Å². The molecule has 0 atom stereocenters. The number of anilines is 1. The Morgan fingerprint density at radius 2 is 2.14 bits per heavy atom. The summed E-state index contributed by atoms with van der Waals surface area (Å²) in [5.41, 5.74) is 0.979. The number of aromatic nitrogens is 2. The van der Waals surface area contributed by atoms with Gasteiger partial charge in [0.15, 0.2) is 0 Å². The fraction of sp³-hybridized carbons (Fsp3) is 0.571. The number of sulfonamides is 1. The molecule has 4 rings (SSSR count). The summed E-state index contributed by atoms with van der Waals surface area (Å²) in [6.45, 7) is 2.32. The molecule has 2 aromatic rings. The Bertz CT molecular complexity index is 794. The first kappa shape index (κ1) is 14.3. The maximum absolute atomic E-state index is 12.2. The number of hydrogen-bond donors (Lipinski definition) is 0. The van der Waals surface area contributed by atoms with Crippen LogP contribution in [0.4, 0.5) is 5.82 Å². The second-order valence-electron chi connectivity index (χ2n) is 6.13. The van der Waals surface area contributed by atoms with Crippen LogP contribution in [0, 0.1) is 5.92 Å². The molecule has 0 N–H and O–H groups in total. The van der Waals surface area contributed by atoms with Crippen LogP contribution in [-0.4, -0.2) is 54.6 Å². The van der Waals surface area contributed by atoms with Gasteiger partial charge in [0.2, 0.25) is 10.0 Å². The van der Waals surface area contributed by atoms with Crippen molar-refractivity contribution in [2.45, 2.75) is 18.1 Å². The highest BCUT2D eigenvalue weighted by Crippen LogP contribution is 2.34. The van der Waals surface area contributed by atoms with E-state index in [1.807, 2.05) is 11.4 Å². The van der Waals surface area contributed by atoms with E-state index in [0.717, 1.165) is 42.0 Å². The van der Waals surface area contributed by atoms with Gasteiger partial charge in [-0.15, -0.1) is 11.3 Å². The predicted octanol–water partition coefficient (Wildman–Crippen LogP) is 1.55. The first-order valence-corrected chi connectivity index (χ1v) is 9.82. The fourth-order valence-corrected chi connectivity index (χ4v) is 5.47. The maximum Gasteiger partial charge on any atom is 0.216 e. The van der Waals surface area contributed by atoms with Gasteiger partial charge in [0.25, 0.3) is 0 Å². The van der Waals surface area contributed by atoms with Crippen molar-refractivity contribution in [3.8, 4) is 0 Å². The lowest BCUT2D eigenvalue weighted by Crippen LogP contribution is -2.52. The third kappa shape index (κ3) is 2.39. The quantitative estimate of drug-likeness (QED) is 0.827. The van der Waals surface area contributed by atoms with Crippen LogP contribution >= 0.6 is 11.3 Å². The maximum atomic E-state index is 12.2. The van der Waals surface area contributed by atoms with E-state index >= 15 is 0 Å². The van der Waals surface area contributed by atoms with E-state index < -0.39 is 10.0 Å². The van der Waals surface area contributed by atoms with Gasteiger partial charge < -0.3 is 4.90 Å². The zero-order valence-electron chi connectivity index (χ0n) is 12.3. The summed E-state index contributed by atoms with van der Waals surface area (Å²) in [5, 5.41) is 1.90. The van der Waals surface area contributed by atoms with Crippen molar-refractivity contribution in [3.63, 3.8) is 0 Å². The Kier molecular flexibility index (Phi) is 3.35. The van der Waals surface area contributed by atoms with E-state index in [-0.39, 0.29) is 5.25 Å². The average molecular weight is 338 g/mol. The summed E-state index contributed by atoms with van der Waals surface area (Å²) in [5.74, 6) is 1.35. The second kappa shape index (κ2) is 5.14. The summed E-state index contributed by atoms with van der Waals surface area (Å²) in [6.07, 6.45) is 3.24. The number of rotatable bonds is 5. The first-order chi connectivity index (χ1) is 10.6. The normalized spacial score (nSPS) is 19.8. The van der Waals surface area contributed by atoms with Crippen molar-refractivity contribution in [1.82, 2.24) is 14.3 Å². The van der Waals surface area contributed by atoms with Crippen LogP contribution in [0.1, 0.15) is 12.8 Å². The Morgan fingerprint density at radius 1 is 1.36 bits per heavy atom. The van der Waals surface area contributed by atoms with Crippen molar-refractivity contribution in [2.75, 3.05) is 31.6 Å². The molecule has 0 bridgehead atoms. The van der Waals surface area contributed by atoms with E-state index in [9.17, 15) is 8.42 Å². The third-order valence-corrected chi connectivity index (χ3v) is 7.61. The molecule has 0 radical (unpaired) electrons. The Hall–Kier alpha value is -1.25. The molecule has 8 heteroatoms. The fourth-order valence-electron chi connectivity index (χ4n) is 2.95. The number of thiophene rings is 1. The molecule has 118 valence electrons. The van der Waals surface area contributed by atoms with Crippen LogP contribution in [0.15, 0.2) is 17.8 Å². The minimum atomic E-state index is -3.05. The van der Waals surface area contributed by atoms with Crippen LogP contribution in [-0.2, 0) is 10.0 Å². The lowest BCUT2D eigenvalue weighted by molar-refractivity contribution is 0.326. The summed E-state index contributed by atoms with van der Waals surface area (Å²) in [4.78, 5) is 10.9. The molecule has 2 fully saturated rings. The zero-order chi connectivity index (χ0) is 15.3. The molecule has 1 aliphatic heterocycles. The Balaban J connectivity index is 1.41. The number of hydrogen-bond acceptors (Lipinski definition) is 6. The summed E-state index contributed by atoms with van der Waals surface area (Å²) in [7, 11) is -1.35. The highest BCUT2D eigenvalue weighted by Gasteiger charge is 2.40. The molecule has 0 aromatic carbocycles. The van der Waals surface area contributed by atoms with Gasteiger partial charge in [0.1, 0.15) is 12.1 Å². The van der Waals surface area contributed by atoms with Gasteiger partial charge in [0.05, 0.1) is 15.5 Å². The summed E-state index contributed by atoms with van der Waals surface area (Å²) >= 11 is 1.65. The lowest BCUT2D eigenvalue weighted by atomic mass is 10.0. The zero-order valence-corrected chi connectivity index (χ0v) is 14.0. The molecule has 1 saturated heterocycles. The molecule has 1 saturated carbocycles. The molecule has 22 heavy (non-hydrogen) atoms. The molecule has 0 amide bonds. The van der Waals surface area contributed by atoms with Gasteiger partial charge in [-0.2, -0.15) is 0 Å². The van der Waals surface area contributed by atoms with Crippen LogP contribution in [0.25, 0.3) is 10.2 Å². The molecule has 3 heterocycles. The van der Waals surface area contributed by atoms with E-state index in [4.69, 9.17) is 0 Å². The molecule has 6 nitrogen and oxygen atoms in total. The van der Waals surface area contributed by atoms with Crippen molar-refractivity contribution in [1.29, 1.82) is 0 Å². The Labute approximate surface area is 133 Å². The van der Waals surface area contributed by atoms with E-state index in [2.05, 4.69) is 14.9 Å². The molecular formula is C14H18N4O2S2. The minimum Gasteiger partial charge on any atom is -0.355 e. The number of nitrogens with zero attached hydrogens (tertiary/aromatic N) is 4. The molecular weight excluding hydrogens is 320 g/mol. The van der Waals surface area contributed by atoms with E-state index in [1.165, 1.54) is 0 Å². The van der Waals surface area contributed by atoms with Crippen molar-refractivity contribution >= 4 is 37.4 Å². The van der Waals surface area contributed by atoms with Crippen LogP contribution < -0.4 is 4.90 Å². The first-order valence-electron chi connectivity index (χ1n) is 7.44. The van der Waals surface area contributed by atoms with Crippen LogP contribution in [0.3, 0.4) is 0 Å². The van der Waals surface area contributed by atoms with Gasteiger partial charge in [0, 0.05) is 32.6 Å². The van der Waals surface area contributed by atoms with Gasteiger partial charge >= 0.3 is 0 Å². The van der Waals surface area contributed by atoms with Crippen LogP contribution in [0.2, 0.25) is 0 Å². The van der Waals surface area contributed by atoms with Crippen molar-refractivity contribution in [3.05, 3.63) is 17.8 Å². The molecule has 2 aliphatic rings. The highest BCUT2D eigenvalue weighted by atomic mass is 32.2. The topological polar surface area (TPSA) is 66.4 Å². The van der Waals surface area contributed by atoms with Gasteiger partial charge in [-0.3, -0.25) is 0 Å².